The molecule has 1 unspecified atom stereocenters. The van der Waals surface area contributed by atoms with Gasteiger partial charge >= 0.3 is 0 Å². The molecule has 0 spiro atoms. The Balaban J connectivity index is 1.68. The molecule has 1 heterocycles. The van der Waals surface area contributed by atoms with Crippen molar-refractivity contribution in [2.24, 2.45) is 0 Å². The lowest BCUT2D eigenvalue weighted by Gasteiger charge is -2.27. The number of amides is 2. The average molecular weight is 358 g/mol. The fourth-order valence-electron chi connectivity index (χ4n) is 3.39. The maximum Gasteiger partial charge on any atom is 0.255 e. The number of benzene rings is 3. The topological polar surface area (TPSA) is 69.6 Å². The van der Waals surface area contributed by atoms with Crippen molar-refractivity contribution in [2.45, 2.75) is 12.6 Å². The number of phenols is 1. The molecular formula is C22H18N2O3. The Kier molecular flexibility index (Phi) is 4.34. The molecule has 1 aliphatic rings. The molecule has 1 atom stereocenters. The summed E-state index contributed by atoms with van der Waals surface area (Å²) in [6.07, 6.45) is 0. The summed E-state index contributed by atoms with van der Waals surface area (Å²) in [4.78, 5) is 27.6. The van der Waals surface area contributed by atoms with Crippen LogP contribution in [-0.4, -0.2) is 21.8 Å². The van der Waals surface area contributed by atoms with Gasteiger partial charge in [-0.1, -0.05) is 54.6 Å². The summed E-state index contributed by atoms with van der Waals surface area (Å²) in [5.41, 5.74) is 2.75. The summed E-state index contributed by atoms with van der Waals surface area (Å²) in [6, 6.07) is 22.2. The zero-order valence-corrected chi connectivity index (χ0v) is 14.5. The quantitative estimate of drug-likeness (QED) is 0.747. The Bertz CT molecular complexity index is 1000. The van der Waals surface area contributed by atoms with E-state index in [-0.39, 0.29) is 17.6 Å². The summed E-state index contributed by atoms with van der Waals surface area (Å²) < 4.78 is 0. The molecule has 0 aliphatic carbocycles. The Labute approximate surface area is 156 Å². The number of rotatable bonds is 4. The van der Waals surface area contributed by atoms with Crippen LogP contribution in [0, 0.1) is 0 Å². The first kappa shape index (κ1) is 16.8. The molecule has 2 N–H and O–H groups in total. The van der Waals surface area contributed by atoms with Gasteiger partial charge in [0.15, 0.2) is 0 Å². The van der Waals surface area contributed by atoms with Crippen molar-refractivity contribution in [1.82, 2.24) is 4.90 Å². The van der Waals surface area contributed by atoms with Crippen LogP contribution in [0.15, 0.2) is 78.9 Å². The Hall–Kier alpha value is -3.60. The molecule has 0 aromatic heterocycles. The number of carbonyl (C=O) groups is 2. The van der Waals surface area contributed by atoms with Crippen molar-refractivity contribution >= 4 is 17.5 Å². The van der Waals surface area contributed by atoms with E-state index in [1.165, 1.54) is 12.1 Å². The lowest BCUT2D eigenvalue weighted by Crippen LogP contribution is -2.37. The minimum Gasteiger partial charge on any atom is -0.508 e. The second kappa shape index (κ2) is 6.96. The van der Waals surface area contributed by atoms with Crippen LogP contribution in [0.25, 0.3) is 0 Å². The number of hydrogen-bond donors (Lipinski definition) is 2. The average Bonchev–Trinajstić information content (AvgIpc) is 3.00. The number of anilines is 1. The van der Waals surface area contributed by atoms with Crippen molar-refractivity contribution in [3.8, 4) is 5.75 Å². The molecule has 0 saturated carbocycles. The van der Waals surface area contributed by atoms with Crippen LogP contribution in [-0.2, 0) is 11.3 Å². The molecule has 1 aliphatic heterocycles. The van der Waals surface area contributed by atoms with Gasteiger partial charge in [0, 0.05) is 23.9 Å². The van der Waals surface area contributed by atoms with Crippen molar-refractivity contribution < 1.29 is 14.7 Å². The zero-order valence-electron chi connectivity index (χ0n) is 14.5. The van der Waals surface area contributed by atoms with E-state index in [4.69, 9.17) is 0 Å². The fraction of sp³-hybridized carbons (Fsp3) is 0.0909. The third kappa shape index (κ3) is 3.27. The number of hydrogen-bond acceptors (Lipinski definition) is 3. The standard InChI is InChI=1S/C22H18N2O3/c25-18-11-6-10-17(13-18)23-21(26)20(15-7-2-1-3-8-15)24-14-16-9-4-5-12-19(16)22(24)27/h1-13,20,25H,14H2,(H,23,26). The smallest absolute Gasteiger partial charge is 0.255 e. The predicted octanol–water partition coefficient (Wildman–Crippen LogP) is 3.73. The summed E-state index contributed by atoms with van der Waals surface area (Å²) in [5, 5.41) is 12.5. The maximum atomic E-state index is 13.1. The number of carbonyl (C=O) groups excluding carboxylic acids is 2. The van der Waals surface area contributed by atoms with Crippen LogP contribution >= 0.6 is 0 Å². The van der Waals surface area contributed by atoms with E-state index in [9.17, 15) is 14.7 Å². The number of fused-ring (bicyclic) bond motifs is 1. The van der Waals surface area contributed by atoms with Crippen LogP contribution in [0.2, 0.25) is 0 Å². The molecule has 2 amide bonds. The molecule has 0 fully saturated rings. The van der Waals surface area contributed by atoms with E-state index >= 15 is 0 Å². The maximum absolute atomic E-state index is 13.1. The highest BCUT2D eigenvalue weighted by Crippen LogP contribution is 2.32. The highest BCUT2D eigenvalue weighted by atomic mass is 16.3. The van der Waals surface area contributed by atoms with Crippen molar-refractivity contribution in [2.75, 3.05) is 5.32 Å². The summed E-state index contributed by atoms with van der Waals surface area (Å²) in [6.45, 7) is 0.377. The minimum atomic E-state index is -0.770. The van der Waals surface area contributed by atoms with E-state index in [0.717, 1.165) is 11.1 Å². The third-order valence-electron chi connectivity index (χ3n) is 4.64. The third-order valence-corrected chi connectivity index (χ3v) is 4.64. The van der Waals surface area contributed by atoms with E-state index in [2.05, 4.69) is 5.32 Å². The molecule has 0 radical (unpaired) electrons. The van der Waals surface area contributed by atoms with Crippen molar-refractivity contribution in [3.05, 3.63) is 95.6 Å². The number of nitrogens with one attached hydrogen (secondary N) is 1. The van der Waals surface area contributed by atoms with Gasteiger partial charge in [0.05, 0.1) is 0 Å². The zero-order chi connectivity index (χ0) is 18.8. The molecule has 5 nitrogen and oxygen atoms in total. The SMILES string of the molecule is O=C(Nc1cccc(O)c1)C(c1ccccc1)N1Cc2ccccc2C1=O. The van der Waals surface area contributed by atoms with Gasteiger partial charge < -0.3 is 15.3 Å². The van der Waals surface area contributed by atoms with Gasteiger partial charge in [0.25, 0.3) is 11.8 Å². The van der Waals surface area contributed by atoms with Gasteiger partial charge in [-0.05, 0) is 29.3 Å². The van der Waals surface area contributed by atoms with E-state index in [1.807, 2.05) is 48.5 Å². The minimum absolute atomic E-state index is 0.0636. The molecule has 3 aromatic rings. The molecule has 27 heavy (non-hydrogen) atoms. The van der Waals surface area contributed by atoms with E-state index < -0.39 is 6.04 Å². The summed E-state index contributed by atoms with van der Waals surface area (Å²) in [7, 11) is 0. The molecular weight excluding hydrogens is 340 g/mol. The highest BCUT2D eigenvalue weighted by molar-refractivity contribution is 6.04. The van der Waals surface area contributed by atoms with Gasteiger partial charge in [0.2, 0.25) is 0 Å². The van der Waals surface area contributed by atoms with Crippen LogP contribution in [0.4, 0.5) is 5.69 Å². The Morgan fingerprint density at radius 3 is 2.44 bits per heavy atom. The first-order chi connectivity index (χ1) is 13.1. The van der Waals surface area contributed by atoms with Crippen LogP contribution < -0.4 is 5.32 Å². The second-order valence-corrected chi connectivity index (χ2v) is 6.44. The predicted molar refractivity (Wildman–Crippen MR) is 102 cm³/mol. The first-order valence-corrected chi connectivity index (χ1v) is 8.67. The van der Waals surface area contributed by atoms with Crippen LogP contribution in [0.5, 0.6) is 5.75 Å². The molecule has 4 rings (SSSR count). The lowest BCUT2D eigenvalue weighted by molar-refractivity contribution is -0.120. The fourth-order valence-corrected chi connectivity index (χ4v) is 3.39. The number of aromatic hydroxyl groups is 1. The summed E-state index contributed by atoms with van der Waals surface area (Å²) >= 11 is 0. The Morgan fingerprint density at radius 2 is 1.70 bits per heavy atom. The molecule has 0 bridgehead atoms. The second-order valence-electron chi connectivity index (χ2n) is 6.44. The molecule has 5 heteroatoms. The normalized spacial score (nSPS) is 13.9. The van der Waals surface area contributed by atoms with Crippen LogP contribution in [0.3, 0.4) is 0 Å². The van der Waals surface area contributed by atoms with Gasteiger partial charge in [-0.25, -0.2) is 0 Å². The molecule has 0 saturated heterocycles. The lowest BCUT2D eigenvalue weighted by atomic mass is 10.0. The van der Waals surface area contributed by atoms with Gasteiger partial charge in [-0.2, -0.15) is 0 Å². The number of nitrogens with zero attached hydrogens (tertiary/aromatic N) is 1. The molecule has 3 aromatic carbocycles. The van der Waals surface area contributed by atoms with Gasteiger partial charge in [-0.15, -0.1) is 0 Å². The van der Waals surface area contributed by atoms with E-state index in [0.29, 0.717) is 17.8 Å². The highest BCUT2D eigenvalue weighted by Gasteiger charge is 2.37. The summed E-state index contributed by atoms with van der Waals surface area (Å²) in [5.74, 6) is -0.424. The van der Waals surface area contributed by atoms with Gasteiger partial charge in [-0.3, -0.25) is 9.59 Å². The molecule has 134 valence electrons. The number of phenolic OH excluding ortho intramolecular Hbond substituents is 1. The first-order valence-electron chi connectivity index (χ1n) is 8.67. The van der Waals surface area contributed by atoms with Crippen molar-refractivity contribution in [3.63, 3.8) is 0 Å². The monoisotopic (exact) mass is 358 g/mol. The Morgan fingerprint density at radius 1 is 0.963 bits per heavy atom. The largest absolute Gasteiger partial charge is 0.508 e. The van der Waals surface area contributed by atoms with Crippen LogP contribution in [0.1, 0.15) is 27.5 Å². The van der Waals surface area contributed by atoms with Gasteiger partial charge in [0.1, 0.15) is 11.8 Å². The van der Waals surface area contributed by atoms with E-state index in [1.54, 1.807) is 23.1 Å². The van der Waals surface area contributed by atoms with Crippen molar-refractivity contribution in [1.29, 1.82) is 0 Å².